The molecular formula is C23H25FN2O2. The van der Waals surface area contributed by atoms with E-state index in [9.17, 15) is 9.18 Å². The van der Waals surface area contributed by atoms with Gasteiger partial charge in [-0.2, -0.15) is 5.10 Å². The van der Waals surface area contributed by atoms with E-state index < -0.39 is 5.97 Å². The Balaban J connectivity index is 1.88. The predicted octanol–water partition coefficient (Wildman–Crippen LogP) is 5.53. The van der Waals surface area contributed by atoms with Crippen LogP contribution in [-0.2, 0) is 12.8 Å². The Morgan fingerprint density at radius 3 is 2.61 bits per heavy atom. The molecule has 3 aromatic rings. The van der Waals surface area contributed by atoms with Gasteiger partial charge in [-0.3, -0.25) is 0 Å². The van der Waals surface area contributed by atoms with Crippen molar-refractivity contribution < 1.29 is 13.9 Å². The van der Waals surface area contributed by atoms with Crippen LogP contribution in [0.2, 0.25) is 0 Å². The summed E-state index contributed by atoms with van der Waals surface area (Å²) in [4.78, 5) is 12.7. The third-order valence-electron chi connectivity index (χ3n) is 4.47. The number of hydrogen-bond donors (Lipinski definition) is 0. The molecule has 28 heavy (non-hydrogen) atoms. The average molecular weight is 380 g/mol. The second-order valence-corrected chi connectivity index (χ2v) is 6.81. The van der Waals surface area contributed by atoms with Crippen LogP contribution in [0.25, 0.3) is 5.69 Å². The van der Waals surface area contributed by atoms with Gasteiger partial charge in [0.25, 0.3) is 0 Å². The van der Waals surface area contributed by atoms with E-state index in [1.54, 1.807) is 24.3 Å². The van der Waals surface area contributed by atoms with Crippen molar-refractivity contribution >= 4 is 5.97 Å². The molecule has 0 N–H and O–H groups in total. The minimum absolute atomic E-state index is 0.290. The molecular weight excluding hydrogens is 355 g/mol. The lowest BCUT2D eigenvalue weighted by molar-refractivity contribution is 0.0723. The number of unbranched alkanes of at least 4 members (excludes halogenated alkanes) is 1. The van der Waals surface area contributed by atoms with Crippen molar-refractivity contribution in [2.75, 3.05) is 0 Å². The summed E-state index contributed by atoms with van der Waals surface area (Å²) in [5.74, 6) is -0.525. The molecule has 0 aliphatic heterocycles. The lowest BCUT2D eigenvalue weighted by atomic mass is 10.1. The third kappa shape index (κ3) is 4.85. The van der Waals surface area contributed by atoms with Crippen LogP contribution in [-0.4, -0.2) is 15.7 Å². The van der Waals surface area contributed by atoms with Crippen molar-refractivity contribution in [3.63, 3.8) is 0 Å². The van der Waals surface area contributed by atoms with Gasteiger partial charge in [0.05, 0.1) is 16.9 Å². The fourth-order valence-corrected chi connectivity index (χ4v) is 3.04. The van der Waals surface area contributed by atoms with Crippen molar-refractivity contribution in [1.82, 2.24) is 9.78 Å². The molecule has 0 unspecified atom stereocenters. The average Bonchev–Trinajstić information content (AvgIpc) is 3.09. The molecule has 0 atom stereocenters. The molecule has 0 aliphatic rings. The Kier molecular flexibility index (Phi) is 6.58. The number of aromatic nitrogens is 2. The van der Waals surface area contributed by atoms with E-state index >= 15 is 0 Å². The first-order valence-electron chi connectivity index (χ1n) is 9.76. The van der Waals surface area contributed by atoms with Crippen molar-refractivity contribution in [2.45, 2.75) is 46.0 Å². The Morgan fingerprint density at radius 2 is 1.86 bits per heavy atom. The van der Waals surface area contributed by atoms with Gasteiger partial charge in [-0.25, -0.2) is 13.9 Å². The molecule has 1 heterocycles. The van der Waals surface area contributed by atoms with E-state index in [1.807, 2.05) is 18.2 Å². The Morgan fingerprint density at radius 1 is 1.04 bits per heavy atom. The largest absolute Gasteiger partial charge is 0.404 e. The maximum Gasteiger partial charge on any atom is 0.344 e. The second-order valence-electron chi connectivity index (χ2n) is 6.81. The lowest BCUT2D eigenvalue weighted by Crippen LogP contribution is -2.12. The Bertz CT molecular complexity index is 949. The zero-order valence-corrected chi connectivity index (χ0v) is 16.3. The lowest BCUT2D eigenvalue weighted by Gasteiger charge is -2.09. The maximum absolute atomic E-state index is 13.7. The van der Waals surface area contributed by atoms with E-state index in [4.69, 9.17) is 4.74 Å². The fraction of sp³-hybridized carbons (Fsp3) is 0.304. The molecule has 0 amide bonds. The number of halogens is 1. The summed E-state index contributed by atoms with van der Waals surface area (Å²) in [7, 11) is 0. The first-order valence-corrected chi connectivity index (χ1v) is 9.76. The highest BCUT2D eigenvalue weighted by molar-refractivity contribution is 5.91. The zero-order valence-electron chi connectivity index (χ0n) is 16.3. The SMILES string of the molecule is CCCCc1cccc(C(=O)Oc2cc(CCC)nn2-c2cccc(F)c2)c1. The van der Waals surface area contributed by atoms with Gasteiger partial charge in [-0.15, -0.1) is 0 Å². The van der Waals surface area contributed by atoms with E-state index in [0.29, 0.717) is 11.3 Å². The number of rotatable bonds is 8. The van der Waals surface area contributed by atoms with Crippen LogP contribution in [0.15, 0.2) is 54.6 Å². The summed E-state index contributed by atoms with van der Waals surface area (Å²) >= 11 is 0. The summed E-state index contributed by atoms with van der Waals surface area (Å²) in [5, 5.41) is 4.49. The van der Waals surface area contributed by atoms with Crippen LogP contribution >= 0.6 is 0 Å². The topological polar surface area (TPSA) is 44.1 Å². The van der Waals surface area contributed by atoms with Gasteiger partial charge < -0.3 is 4.74 Å². The van der Waals surface area contributed by atoms with Gasteiger partial charge in [0.1, 0.15) is 5.82 Å². The molecule has 4 nitrogen and oxygen atoms in total. The van der Waals surface area contributed by atoms with E-state index in [1.165, 1.54) is 16.8 Å². The number of hydrogen-bond acceptors (Lipinski definition) is 3. The minimum Gasteiger partial charge on any atom is -0.404 e. The molecule has 0 bridgehead atoms. The molecule has 3 rings (SSSR count). The van der Waals surface area contributed by atoms with Crippen molar-refractivity contribution in [1.29, 1.82) is 0 Å². The van der Waals surface area contributed by atoms with Gasteiger partial charge in [-0.1, -0.05) is 44.9 Å². The molecule has 0 radical (unpaired) electrons. The molecule has 0 saturated carbocycles. The Hall–Kier alpha value is -2.95. The van der Waals surface area contributed by atoms with E-state index in [2.05, 4.69) is 18.9 Å². The summed E-state index contributed by atoms with van der Waals surface area (Å²) in [6.07, 6.45) is 4.76. The standard InChI is InChI=1S/C23H25FN2O2/c1-3-5-9-17-10-6-11-18(14-17)23(27)28-22-16-20(8-4-2)25-26(22)21-13-7-12-19(24)15-21/h6-7,10-16H,3-5,8-9H2,1-2H3. The number of ether oxygens (including phenoxy) is 1. The van der Waals surface area contributed by atoms with Gasteiger partial charge in [0.2, 0.25) is 5.88 Å². The van der Waals surface area contributed by atoms with Crippen molar-refractivity contribution in [2.24, 2.45) is 0 Å². The van der Waals surface area contributed by atoms with E-state index in [0.717, 1.165) is 43.4 Å². The molecule has 0 fully saturated rings. The van der Waals surface area contributed by atoms with Gasteiger partial charge in [0, 0.05) is 6.07 Å². The molecule has 2 aromatic carbocycles. The molecule has 0 saturated heterocycles. The van der Waals surface area contributed by atoms with Crippen molar-refractivity contribution in [3.05, 3.63) is 77.2 Å². The second kappa shape index (κ2) is 9.31. The highest BCUT2D eigenvalue weighted by Gasteiger charge is 2.16. The molecule has 1 aromatic heterocycles. The molecule has 146 valence electrons. The Labute approximate surface area is 165 Å². The smallest absolute Gasteiger partial charge is 0.344 e. The molecule has 0 spiro atoms. The number of esters is 1. The third-order valence-corrected chi connectivity index (χ3v) is 4.47. The summed E-state index contributed by atoms with van der Waals surface area (Å²) in [6, 6.07) is 15.3. The van der Waals surface area contributed by atoms with Gasteiger partial charge >= 0.3 is 5.97 Å². The predicted molar refractivity (Wildman–Crippen MR) is 108 cm³/mol. The monoisotopic (exact) mass is 380 g/mol. The van der Waals surface area contributed by atoms with E-state index in [-0.39, 0.29) is 11.7 Å². The fourth-order valence-electron chi connectivity index (χ4n) is 3.04. The number of carbonyl (C=O) groups excluding carboxylic acids is 1. The summed E-state index contributed by atoms with van der Waals surface area (Å²) < 4.78 is 20.8. The van der Waals surface area contributed by atoms with Crippen LogP contribution in [0.1, 0.15) is 54.7 Å². The first kappa shape index (κ1) is 19.8. The minimum atomic E-state index is -0.445. The zero-order chi connectivity index (χ0) is 19.9. The number of nitrogens with zero attached hydrogens (tertiary/aromatic N) is 2. The van der Waals surface area contributed by atoms with Crippen molar-refractivity contribution in [3.8, 4) is 11.6 Å². The maximum atomic E-state index is 13.7. The summed E-state index contributed by atoms with van der Waals surface area (Å²) in [5.41, 5.74) is 2.92. The van der Waals surface area contributed by atoms with Crippen LogP contribution in [0.5, 0.6) is 5.88 Å². The summed E-state index contributed by atoms with van der Waals surface area (Å²) in [6.45, 7) is 4.19. The highest BCUT2D eigenvalue weighted by Crippen LogP contribution is 2.22. The normalized spacial score (nSPS) is 10.8. The van der Waals surface area contributed by atoms with Crippen LogP contribution < -0.4 is 4.74 Å². The van der Waals surface area contributed by atoms with Gasteiger partial charge in [-0.05, 0) is 55.2 Å². The number of carbonyl (C=O) groups is 1. The highest BCUT2D eigenvalue weighted by atomic mass is 19.1. The van der Waals surface area contributed by atoms with Crippen LogP contribution in [0, 0.1) is 5.82 Å². The number of aryl methyl sites for hydroxylation is 2. The molecule has 0 aliphatic carbocycles. The number of benzene rings is 2. The first-order chi connectivity index (χ1) is 13.6. The van der Waals surface area contributed by atoms with Gasteiger partial charge in [0.15, 0.2) is 0 Å². The molecule has 5 heteroatoms. The van der Waals surface area contributed by atoms with Crippen LogP contribution in [0.3, 0.4) is 0 Å². The quantitative estimate of drug-likeness (QED) is 0.483. The van der Waals surface area contributed by atoms with Crippen LogP contribution in [0.4, 0.5) is 4.39 Å².